The minimum absolute atomic E-state index is 0.115. The number of aromatic nitrogens is 1. The molecule has 1 aromatic carbocycles. The van der Waals surface area contributed by atoms with Gasteiger partial charge < -0.3 is 15.4 Å². The van der Waals surface area contributed by atoms with Crippen LogP contribution < -0.4 is 21.9 Å². The Kier molecular flexibility index (Phi) is 10.3. The molecule has 0 bridgehead atoms. The predicted octanol–water partition coefficient (Wildman–Crippen LogP) is 3.29. The maximum atomic E-state index is 13.1. The zero-order valence-corrected chi connectivity index (χ0v) is 20.3. The van der Waals surface area contributed by atoms with Crippen molar-refractivity contribution in [1.82, 2.24) is 21.0 Å². The van der Waals surface area contributed by atoms with Gasteiger partial charge in [-0.05, 0) is 30.2 Å². The average Bonchev–Trinajstić information content (AvgIpc) is 3.26. The Bertz CT molecular complexity index is 917. The fourth-order valence-electron chi connectivity index (χ4n) is 3.22. The van der Waals surface area contributed by atoms with E-state index in [-0.39, 0.29) is 29.4 Å². The molecule has 1 aromatic heterocycles. The van der Waals surface area contributed by atoms with Gasteiger partial charge in [0.25, 0.3) is 5.91 Å². The van der Waals surface area contributed by atoms with Gasteiger partial charge in [-0.3, -0.25) is 15.0 Å². The van der Waals surface area contributed by atoms with Crippen molar-refractivity contribution in [1.29, 1.82) is 0 Å². The van der Waals surface area contributed by atoms with Gasteiger partial charge in [-0.25, -0.2) is 15.6 Å². The summed E-state index contributed by atoms with van der Waals surface area (Å²) in [5.41, 5.74) is 3.50. The Balaban J connectivity index is 2.08. The molecule has 2 aromatic rings. The van der Waals surface area contributed by atoms with Crippen molar-refractivity contribution in [3.63, 3.8) is 0 Å². The van der Waals surface area contributed by atoms with Crippen LogP contribution in [-0.2, 0) is 16.1 Å². The third-order valence-corrected chi connectivity index (χ3v) is 5.62. The first-order chi connectivity index (χ1) is 15.7. The molecule has 33 heavy (non-hydrogen) atoms. The molecule has 9 nitrogen and oxygen atoms in total. The molecule has 2 rings (SSSR count). The SMILES string of the molecule is CC(C)CC(NC(=O)OCc1ccccc1)C(=O)NC(CC(C)C)c1csc(C(=O)NN)n1. The van der Waals surface area contributed by atoms with Gasteiger partial charge in [0.05, 0.1) is 11.7 Å². The molecule has 2 atom stereocenters. The van der Waals surface area contributed by atoms with Gasteiger partial charge in [0.1, 0.15) is 12.6 Å². The zero-order chi connectivity index (χ0) is 24.4. The largest absolute Gasteiger partial charge is 0.445 e. The van der Waals surface area contributed by atoms with E-state index in [9.17, 15) is 14.4 Å². The van der Waals surface area contributed by atoms with Crippen LogP contribution in [0.3, 0.4) is 0 Å². The molecule has 0 spiro atoms. The summed E-state index contributed by atoms with van der Waals surface area (Å²) in [5, 5.41) is 7.63. The molecule has 180 valence electrons. The molecule has 0 fully saturated rings. The highest BCUT2D eigenvalue weighted by molar-refractivity contribution is 7.11. The van der Waals surface area contributed by atoms with Gasteiger partial charge in [-0.2, -0.15) is 0 Å². The molecular formula is C23H33N5O4S. The first kappa shape index (κ1) is 26.3. The number of amides is 3. The Morgan fingerprint density at radius 2 is 1.70 bits per heavy atom. The molecule has 0 saturated heterocycles. The second-order valence-corrected chi connectivity index (χ2v) is 9.49. The number of benzene rings is 1. The number of nitrogen functional groups attached to an aromatic ring is 1. The summed E-state index contributed by atoms with van der Waals surface area (Å²) < 4.78 is 5.29. The lowest BCUT2D eigenvalue weighted by atomic mass is 9.99. The maximum Gasteiger partial charge on any atom is 0.408 e. The molecule has 0 aliphatic carbocycles. The molecule has 0 saturated carbocycles. The second-order valence-electron chi connectivity index (χ2n) is 8.63. The number of carbonyl (C=O) groups excluding carboxylic acids is 3. The molecule has 0 aliphatic rings. The molecule has 3 amide bonds. The number of nitrogens with zero attached hydrogens (tertiary/aromatic N) is 1. The van der Waals surface area contributed by atoms with Gasteiger partial charge in [0.2, 0.25) is 5.91 Å². The third kappa shape index (κ3) is 8.82. The van der Waals surface area contributed by atoms with E-state index in [0.717, 1.165) is 16.9 Å². The number of rotatable bonds is 11. The quantitative estimate of drug-likeness (QED) is 0.224. The number of nitrogens with two attached hydrogens (primary N) is 1. The second kappa shape index (κ2) is 12.9. The highest BCUT2D eigenvalue weighted by Crippen LogP contribution is 2.24. The van der Waals surface area contributed by atoms with Crippen LogP contribution in [0.15, 0.2) is 35.7 Å². The third-order valence-electron chi connectivity index (χ3n) is 4.76. The zero-order valence-electron chi connectivity index (χ0n) is 19.5. The van der Waals surface area contributed by atoms with Crippen molar-refractivity contribution in [3.05, 3.63) is 52.0 Å². The predicted molar refractivity (Wildman–Crippen MR) is 127 cm³/mol. The van der Waals surface area contributed by atoms with E-state index in [2.05, 4.69) is 21.0 Å². The van der Waals surface area contributed by atoms with Gasteiger partial charge in [0.15, 0.2) is 5.01 Å². The van der Waals surface area contributed by atoms with Crippen LogP contribution in [0.5, 0.6) is 0 Å². The molecule has 0 aliphatic heterocycles. The van der Waals surface area contributed by atoms with Crippen LogP contribution in [0, 0.1) is 11.8 Å². The Hall–Kier alpha value is -2.98. The van der Waals surface area contributed by atoms with Crippen LogP contribution in [0.4, 0.5) is 4.79 Å². The first-order valence-corrected chi connectivity index (χ1v) is 11.8. The topological polar surface area (TPSA) is 135 Å². The van der Waals surface area contributed by atoms with Crippen molar-refractivity contribution < 1.29 is 19.1 Å². The summed E-state index contributed by atoms with van der Waals surface area (Å²) in [6.07, 6.45) is 0.403. The molecule has 2 unspecified atom stereocenters. The van der Waals surface area contributed by atoms with E-state index in [0.29, 0.717) is 18.5 Å². The van der Waals surface area contributed by atoms with Gasteiger partial charge in [-0.15, -0.1) is 11.3 Å². The number of nitrogens with one attached hydrogen (secondary N) is 3. The lowest BCUT2D eigenvalue weighted by molar-refractivity contribution is -0.124. The Morgan fingerprint density at radius 1 is 1.03 bits per heavy atom. The van der Waals surface area contributed by atoms with E-state index >= 15 is 0 Å². The Morgan fingerprint density at radius 3 is 2.30 bits per heavy atom. The van der Waals surface area contributed by atoms with Crippen molar-refractivity contribution in [2.45, 2.75) is 59.2 Å². The fourth-order valence-corrected chi connectivity index (χ4v) is 3.99. The fraction of sp³-hybridized carbons (Fsp3) is 0.478. The summed E-state index contributed by atoms with van der Waals surface area (Å²) in [7, 11) is 0. The van der Waals surface area contributed by atoms with Crippen LogP contribution in [0.25, 0.3) is 0 Å². The normalized spacial score (nSPS) is 12.8. The minimum atomic E-state index is -0.770. The lowest BCUT2D eigenvalue weighted by Crippen LogP contribution is -2.48. The number of hydrogen-bond donors (Lipinski definition) is 4. The van der Waals surface area contributed by atoms with E-state index in [1.54, 1.807) is 5.38 Å². The first-order valence-electron chi connectivity index (χ1n) is 10.9. The molecular weight excluding hydrogens is 442 g/mol. The van der Waals surface area contributed by atoms with Crippen molar-refractivity contribution in [2.24, 2.45) is 17.7 Å². The molecule has 0 radical (unpaired) electrons. The van der Waals surface area contributed by atoms with Crippen LogP contribution in [0.2, 0.25) is 0 Å². The number of carbonyl (C=O) groups is 3. The summed E-state index contributed by atoms with van der Waals surface area (Å²) in [6.45, 7) is 8.12. The number of thiazole rings is 1. The minimum Gasteiger partial charge on any atom is -0.445 e. The molecule has 5 N–H and O–H groups in total. The highest BCUT2D eigenvalue weighted by Gasteiger charge is 2.27. The number of hydrazine groups is 1. The number of ether oxygens (including phenoxy) is 1. The molecule has 10 heteroatoms. The van der Waals surface area contributed by atoms with Gasteiger partial charge >= 0.3 is 6.09 Å². The smallest absolute Gasteiger partial charge is 0.408 e. The van der Waals surface area contributed by atoms with Crippen LogP contribution in [0.1, 0.15) is 67.6 Å². The summed E-state index contributed by atoms with van der Waals surface area (Å²) >= 11 is 1.15. The number of alkyl carbamates (subject to hydrolysis) is 1. The van der Waals surface area contributed by atoms with Crippen molar-refractivity contribution in [3.8, 4) is 0 Å². The highest BCUT2D eigenvalue weighted by atomic mass is 32.1. The standard InChI is InChI=1S/C23H33N5O4S/c1-14(2)10-17(19-13-33-22(26-19)21(30)28-24)25-20(29)18(11-15(3)4)27-23(31)32-12-16-8-6-5-7-9-16/h5-9,13-15,17-18H,10-12,24H2,1-4H3,(H,25,29)(H,27,31)(H,28,30). The lowest BCUT2D eigenvalue weighted by Gasteiger charge is -2.24. The Labute approximate surface area is 198 Å². The summed E-state index contributed by atoms with van der Waals surface area (Å²) in [6, 6.07) is 8.14. The average molecular weight is 476 g/mol. The van der Waals surface area contributed by atoms with Crippen molar-refractivity contribution >= 4 is 29.2 Å². The monoisotopic (exact) mass is 475 g/mol. The maximum absolute atomic E-state index is 13.1. The van der Waals surface area contributed by atoms with Crippen LogP contribution >= 0.6 is 11.3 Å². The number of hydrogen-bond acceptors (Lipinski definition) is 7. The van der Waals surface area contributed by atoms with Gasteiger partial charge in [-0.1, -0.05) is 58.0 Å². The van der Waals surface area contributed by atoms with Crippen molar-refractivity contribution in [2.75, 3.05) is 0 Å². The summed E-state index contributed by atoms with van der Waals surface area (Å²) in [4.78, 5) is 41.6. The molecule has 1 heterocycles. The van der Waals surface area contributed by atoms with E-state index < -0.39 is 24.1 Å². The van der Waals surface area contributed by atoms with Gasteiger partial charge in [0, 0.05) is 5.38 Å². The van der Waals surface area contributed by atoms with E-state index in [1.165, 1.54) is 0 Å². The van der Waals surface area contributed by atoms with E-state index in [1.807, 2.05) is 58.0 Å². The van der Waals surface area contributed by atoms with E-state index in [4.69, 9.17) is 10.6 Å². The van der Waals surface area contributed by atoms with Crippen LogP contribution in [-0.4, -0.2) is 28.9 Å². The summed E-state index contributed by atoms with van der Waals surface area (Å²) in [5.74, 6) is 4.80.